The Morgan fingerprint density at radius 1 is 1.19 bits per heavy atom. The molecule has 16 heavy (non-hydrogen) atoms. The molecule has 0 rings (SSSR count). The minimum atomic E-state index is -0.0892. The second-order valence-corrected chi connectivity index (χ2v) is 5.30. The van der Waals surface area contributed by atoms with Crippen LogP contribution in [-0.4, -0.2) is 19.1 Å². The van der Waals surface area contributed by atoms with E-state index in [9.17, 15) is 4.79 Å². The smallest absolute Gasteiger partial charge is 0.233 e. The Labute approximate surface area is 98.9 Å². The van der Waals surface area contributed by atoms with Gasteiger partial charge in [-0.2, -0.15) is 0 Å². The number of hydrazine groups is 1. The van der Waals surface area contributed by atoms with Gasteiger partial charge in [0.15, 0.2) is 0 Å². The number of unbranched alkanes of at least 4 members (excludes halogenated alkanes) is 2. The fourth-order valence-corrected chi connectivity index (χ4v) is 1.22. The number of hydrogen-bond donors (Lipinski definition) is 2. The van der Waals surface area contributed by atoms with Crippen LogP contribution in [0.2, 0.25) is 0 Å². The molecule has 0 aromatic heterocycles. The lowest BCUT2D eigenvalue weighted by atomic mass is 9.93. The molecule has 0 radical (unpaired) electrons. The van der Waals surface area contributed by atoms with E-state index in [0.29, 0.717) is 11.8 Å². The van der Waals surface area contributed by atoms with Crippen molar-refractivity contribution in [2.75, 3.05) is 13.2 Å². The van der Waals surface area contributed by atoms with Crippen molar-refractivity contribution >= 4 is 5.91 Å². The maximum atomic E-state index is 10.8. The standard InChI is InChI=1S/C12H26N2O2/c1-12(2,3)8-10-16-9-6-4-5-7-11(15)14-13/h4-10,13H2,1-3H3,(H,14,15). The zero-order chi connectivity index (χ0) is 12.4. The lowest BCUT2D eigenvalue weighted by molar-refractivity contribution is -0.121. The van der Waals surface area contributed by atoms with E-state index in [1.165, 1.54) is 0 Å². The van der Waals surface area contributed by atoms with Crippen molar-refractivity contribution in [3.63, 3.8) is 0 Å². The van der Waals surface area contributed by atoms with Crippen LogP contribution in [0.15, 0.2) is 0 Å². The second kappa shape index (κ2) is 8.53. The summed E-state index contributed by atoms with van der Waals surface area (Å²) in [5.41, 5.74) is 2.47. The van der Waals surface area contributed by atoms with E-state index < -0.39 is 0 Å². The first-order chi connectivity index (χ1) is 7.45. The van der Waals surface area contributed by atoms with E-state index in [-0.39, 0.29) is 5.91 Å². The number of nitrogens with one attached hydrogen (secondary N) is 1. The first-order valence-electron chi connectivity index (χ1n) is 6.03. The van der Waals surface area contributed by atoms with Crippen LogP contribution in [-0.2, 0) is 9.53 Å². The van der Waals surface area contributed by atoms with Gasteiger partial charge in [-0.1, -0.05) is 27.2 Å². The Bertz CT molecular complexity index is 188. The number of ether oxygens (including phenoxy) is 1. The summed E-state index contributed by atoms with van der Waals surface area (Å²) in [4.78, 5) is 10.8. The summed E-state index contributed by atoms with van der Waals surface area (Å²) >= 11 is 0. The van der Waals surface area contributed by atoms with Gasteiger partial charge in [-0.3, -0.25) is 10.2 Å². The van der Waals surface area contributed by atoms with Gasteiger partial charge < -0.3 is 4.74 Å². The fourth-order valence-electron chi connectivity index (χ4n) is 1.22. The predicted molar refractivity (Wildman–Crippen MR) is 65.7 cm³/mol. The molecule has 0 fully saturated rings. The molecule has 96 valence electrons. The molecular weight excluding hydrogens is 204 g/mol. The van der Waals surface area contributed by atoms with Crippen LogP contribution in [0.1, 0.15) is 52.9 Å². The van der Waals surface area contributed by atoms with E-state index >= 15 is 0 Å². The number of hydrogen-bond acceptors (Lipinski definition) is 3. The van der Waals surface area contributed by atoms with Gasteiger partial charge in [0.25, 0.3) is 0 Å². The number of carbonyl (C=O) groups is 1. The average Bonchev–Trinajstić information content (AvgIpc) is 2.20. The fraction of sp³-hybridized carbons (Fsp3) is 0.917. The van der Waals surface area contributed by atoms with E-state index in [4.69, 9.17) is 10.6 Å². The Kier molecular flexibility index (Phi) is 8.21. The number of amides is 1. The molecule has 0 spiro atoms. The van der Waals surface area contributed by atoms with Gasteiger partial charge in [0.2, 0.25) is 5.91 Å². The Morgan fingerprint density at radius 2 is 1.88 bits per heavy atom. The summed E-state index contributed by atoms with van der Waals surface area (Å²) in [6, 6.07) is 0. The Hall–Kier alpha value is -0.610. The first-order valence-corrected chi connectivity index (χ1v) is 6.03. The maximum Gasteiger partial charge on any atom is 0.233 e. The van der Waals surface area contributed by atoms with E-state index in [2.05, 4.69) is 26.2 Å². The highest BCUT2D eigenvalue weighted by molar-refractivity contribution is 5.74. The molecule has 0 heterocycles. The summed E-state index contributed by atoms with van der Waals surface area (Å²) in [5, 5.41) is 0. The molecule has 0 aromatic carbocycles. The van der Waals surface area contributed by atoms with E-state index in [1.54, 1.807) is 0 Å². The van der Waals surface area contributed by atoms with E-state index in [1.807, 2.05) is 0 Å². The Balaban J connectivity index is 3.13. The van der Waals surface area contributed by atoms with Gasteiger partial charge in [0, 0.05) is 19.6 Å². The summed E-state index contributed by atoms with van der Waals surface area (Å²) in [6.45, 7) is 8.25. The Morgan fingerprint density at radius 3 is 2.44 bits per heavy atom. The second-order valence-electron chi connectivity index (χ2n) is 5.30. The molecule has 0 aromatic rings. The number of nitrogens with two attached hydrogens (primary N) is 1. The van der Waals surface area contributed by atoms with Crippen molar-refractivity contribution in [1.29, 1.82) is 0 Å². The van der Waals surface area contributed by atoms with Crippen LogP contribution < -0.4 is 11.3 Å². The predicted octanol–water partition coefficient (Wildman–Crippen LogP) is 1.99. The molecule has 0 aliphatic rings. The zero-order valence-corrected chi connectivity index (χ0v) is 10.8. The molecule has 0 aliphatic heterocycles. The summed E-state index contributed by atoms with van der Waals surface area (Å²) in [5.74, 6) is 4.88. The van der Waals surface area contributed by atoms with Crippen molar-refractivity contribution < 1.29 is 9.53 Å². The van der Waals surface area contributed by atoms with Gasteiger partial charge in [0.05, 0.1) is 0 Å². The minimum Gasteiger partial charge on any atom is -0.381 e. The third-order valence-corrected chi connectivity index (χ3v) is 2.35. The summed E-state index contributed by atoms with van der Waals surface area (Å²) in [7, 11) is 0. The van der Waals surface area contributed by atoms with Crippen LogP contribution in [0, 0.1) is 5.41 Å². The normalized spacial score (nSPS) is 11.5. The average molecular weight is 230 g/mol. The molecule has 3 N–H and O–H groups in total. The lowest BCUT2D eigenvalue weighted by Crippen LogP contribution is -2.29. The molecule has 0 aliphatic carbocycles. The van der Waals surface area contributed by atoms with Gasteiger partial charge in [-0.25, -0.2) is 5.84 Å². The number of rotatable bonds is 8. The quantitative estimate of drug-likeness (QED) is 0.290. The molecule has 0 atom stereocenters. The maximum absolute atomic E-state index is 10.8. The largest absolute Gasteiger partial charge is 0.381 e. The van der Waals surface area contributed by atoms with Crippen molar-refractivity contribution in [2.45, 2.75) is 52.9 Å². The molecule has 0 saturated carbocycles. The monoisotopic (exact) mass is 230 g/mol. The molecular formula is C12H26N2O2. The van der Waals surface area contributed by atoms with Crippen molar-refractivity contribution in [3.05, 3.63) is 0 Å². The van der Waals surface area contributed by atoms with Crippen LogP contribution in [0.25, 0.3) is 0 Å². The molecule has 4 heteroatoms. The number of carbonyl (C=O) groups excluding carboxylic acids is 1. The molecule has 0 saturated heterocycles. The third-order valence-electron chi connectivity index (χ3n) is 2.35. The molecule has 1 amide bonds. The van der Waals surface area contributed by atoms with Crippen LogP contribution in [0.5, 0.6) is 0 Å². The van der Waals surface area contributed by atoms with E-state index in [0.717, 1.165) is 38.9 Å². The SMILES string of the molecule is CC(C)(C)CCOCCCCCC(=O)NN. The van der Waals surface area contributed by atoms with Crippen molar-refractivity contribution in [2.24, 2.45) is 11.3 Å². The highest BCUT2D eigenvalue weighted by atomic mass is 16.5. The van der Waals surface area contributed by atoms with Crippen LogP contribution in [0.4, 0.5) is 0 Å². The zero-order valence-electron chi connectivity index (χ0n) is 10.8. The first kappa shape index (κ1) is 15.4. The van der Waals surface area contributed by atoms with Crippen molar-refractivity contribution in [1.82, 2.24) is 5.43 Å². The van der Waals surface area contributed by atoms with Gasteiger partial charge in [-0.05, 0) is 24.7 Å². The summed E-state index contributed by atoms with van der Waals surface area (Å²) < 4.78 is 5.52. The van der Waals surface area contributed by atoms with Gasteiger partial charge in [-0.15, -0.1) is 0 Å². The highest BCUT2D eigenvalue weighted by Crippen LogP contribution is 2.17. The van der Waals surface area contributed by atoms with Crippen molar-refractivity contribution in [3.8, 4) is 0 Å². The topological polar surface area (TPSA) is 64.3 Å². The van der Waals surface area contributed by atoms with Crippen LogP contribution in [0.3, 0.4) is 0 Å². The molecule has 4 nitrogen and oxygen atoms in total. The minimum absolute atomic E-state index is 0.0892. The lowest BCUT2D eigenvalue weighted by Gasteiger charge is -2.17. The highest BCUT2D eigenvalue weighted by Gasteiger charge is 2.08. The van der Waals surface area contributed by atoms with Crippen LogP contribution >= 0.6 is 0 Å². The molecule has 0 bridgehead atoms. The van der Waals surface area contributed by atoms with Gasteiger partial charge >= 0.3 is 0 Å². The van der Waals surface area contributed by atoms with Gasteiger partial charge in [0.1, 0.15) is 0 Å². The third kappa shape index (κ3) is 11.5. The molecule has 0 unspecified atom stereocenters. The summed E-state index contributed by atoms with van der Waals surface area (Å²) in [6.07, 6.45) is 4.51.